The molecule has 2 nitrogen and oxygen atoms in total. The van der Waals surface area contributed by atoms with Gasteiger partial charge in [0.25, 0.3) is 0 Å². The molecule has 0 fully saturated rings. The Labute approximate surface area is 99.1 Å². The summed E-state index contributed by atoms with van der Waals surface area (Å²) < 4.78 is 0.922. The van der Waals surface area contributed by atoms with Gasteiger partial charge in [-0.1, -0.05) is 30.3 Å². The molecule has 1 aromatic rings. The van der Waals surface area contributed by atoms with E-state index in [1.54, 1.807) is 0 Å². The molecular weight excluding hydrogens is 198 g/mol. The first-order valence-electron chi connectivity index (χ1n) is 6.11. The highest BCUT2D eigenvalue weighted by Crippen LogP contribution is 2.07. The van der Waals surface area contributed by atoms with Crippen LogP contribution in [0.25, 0.3) is 0 Å². The van der Waals surface area contributed by atoms with Gasteiger partial charge in [0, 0.05) is 0 Å². The van der Waals surface area contributed by atoms with Gasteiger partial charge in [0.15, 0.2) is 0 Å². The largest absolute Gasteiger partial charge is 0.391 e. The van der Waals surface area contributed by atoms with Crippen molar-refractivity contribution in [2.45, 2.75) is 19.3 Å². The maximum atomic E-state index is 8.92. The highest BCUT2D eigenvalue weighted by molar-refractivity contribution is 5.14. The van der Waals surface area contributed by atoms with E-state index in [0.717, 1.165) is 17.6 Å². The first kappa shape index (κ1) is 13.2. The number of hydrogen-bond acceptors (Lipinski definition) is 1. The molecule has 0 heterocycles. The molecule has 1 rings (SSSR count). The molecule has 0 aliphatic carbocycles. The minimum atomic E-state index is 0.283. The fourth-order valence-electron chi connectivity index (χ4n) is 1.90. The molecule has 16 heavy (non-hydrogen) atoms. The molecule has 0 atom stereocenters. The average molecular weight is 222 g/mol. The zero-order valence-electron chi connectivity index (χ0n) is 10.5. The number of aliphatic hydroxyl groups is 1. The van der Waals surface area contributed by atoms with E-state index in [2.05, 4.69) is 44.4 Å². The molecule has 0 spiro atoms. The van der Waals surface area contributed by atoms with Gasteiger partial charge in [0.1, 0.15) is 6.54 Å². The Morgan fingerprint density at radius 3 is 2.31 bits per heavy atom. The molecule has 2 heteroatoms. The van der Waals surface area contributed by atoms with E-state index in [1.807, 2.05) is 0 Å². The first-order valence-corrected chi connectivity index (χ1v) is 6.11. The van der Waals surface area contributed by atoms with Gasteiger partial charge in [-0.25, -0.2) is 0 Å². The van der Waals surface area contributed by atoms with Gasteiger partial charge in [-0.15, -0.1) is 0 Å². The summed E-state index contributed by atoms with van der Waals surface area (Å²) in [6.45, 7) is 2.28. The van der Waals surface area contributed by atoms with Crippen LogP contribution < -0.4 is 0 Å². The smallest absolute Gasteiger partial charge is 0.102 e. The van der Waals surface area contributed by atoms with Gasteiger partial charge in [0.05, 0.1) is 27.2 Å². The minimum Gasteiger partial charge on any atom is -0.391 e. The third kappa shape index (κ3) is 5.29. The number of hydrogen-bond donors (Lipinski definition) is 1. The van der Waals surface area contributed by atoms with Crippen molar-refractivity contribution in [3.05, 3.63) is 35.9 Å². The van der Waals surface area contributed by atoms with Crippen LogP contribution in [0.15, 0.2) is 30.3 Å². The van der Waals surface area contributed by atoms with Gasteiger partial charge in [-0.05, 0) is 24.8 Å². The molecule has 0 unspecified atom stereocenters. The number of benzene rings is 1. The normalized spacial score (nSPS) is 11.7. The molecule has 0 aromatic heterocycles. The second kappa shape index (κ2) is 6.66. The van der Waals surface area contributed by atoms with Crippen molar-refractivity contribution in [2.24, 2.45) is 0 Å². The van der Waals surface area contributed by atoms with E-state index in [4.69, 9.17) is 5.11 Å². The first-order chi connectivity index (χ1) is 7.64. The van der Waals surface area contributed by atoms with Crippen molar-refractivity contribution >= 4 is 0 Å². The molecule has 0 aliphatic heterocycles. The third-order valence-electron chi connectivity index (χ3n) is 3.03. The van der Waals surface area contributed by atoms with Gasteiger partial charge >= 0.3 is 0 Å². The summed E-state index contributed by atoms with van der Waals surface area (Å²) in [6.07, 6.45) is 3.62. The Morgan fingerprint density at radius 1 is 1.00 bits per heavy atom. The van der Waals surface area contributed by atoms with Crippen LogP contribution in [0.1, 0.15) is 18.4 Å². The SMILES string of the molecule is C[N+](C)(CCO)CCCCc1ccccc1. The van der Waals surface area contributed by atoms with Crippen LogP contribution in [0.3, 0.4) is 0 Å². The number of aryl methyl sites for hydroxylation is 1. The van der Waals surface area contributed by atoms with Crippen molar-refractivity contribution in [1.29, 1.82) is 0 Å². The zero-order chi connectivity index (χ0) is 11.9. The Bertz CT molecular complexity index is 282. The maximum absolute atomic E-state index is 8.92. The van der Waals surface area contributed by atoms with E-state index >= 15 is 0 Å². The number of unbranched alkanes of at least 4 members (excludes halogenated alkanes) is 1. The number of quaternary nitrogens is 1. The fourth-order valence-corrected chi connectivity index (χ4v) is 1.90. The predicted octanol–water partition coefficient (Wildman–Crippen LogP) is 2.08. The lowest BCUT2D eigenvalue weighted by atomic mass is 10.1. The van der Waals surface area contributed by atoms with E-state index in [-0.39, 0.29) is 6.61 Å². The molecule has 1 aromatic carbocycles. The summed E-state index contributed by atoms with van der Waals surface area (Å²) in [7, 11) is 4.36. The van der Waals surface area contributed by atoms with Gasteiger partial charge in [-0.2, -0.15) is 0 Å². The Hall–Kier alpha value is -0.860. The van der Waals surface area contributed by atoms with E-state index in [9.17, 15) is 0 Å². The van der Waals surface area contributed by atoms with Crippen LogP contribution in [0.2, 0.25) is 0 Å². The number of nitrogens with zero attached hydrogens (tertiary/aromatic N) is 1. The lowest BCUT2D eigenvalue weighted by Gasteiger charge is -2.28. The predicted molar refractivity (Wildman–Crippen MR) is 68.3 cm³/mol. The van der Waals surface area contributed by atoms with Crippen LogP contribution in [0.5, 0.6) is 0 Å². The molecule has 90 valence electrons. The van der Waals surface area contributed by atoms with Crippen molar-refractivity contribution < 1.29 is 9.59 Å². The fraction of sp³-hybridized carbons (Fsp3) is 0.571. The average Bonchev–Trinajstić information content (AvgIpc) is 2.26. The number of rotatable bonds is 7. The number of aliphatic hydroxyl groups excluding tert-OH is 1. The van der Waals surface area contributed by atoms with E-state index in [0.29, 0.717) is 0 Å². The summed E-state index contributed by atoms with van der Waals surface area (Å²) in [6, 6.07) is 10.6. The highest BCUT2D eigenvalue weighted by Gasteiger charge is 2.12. The van der Waals surface area contributed by atoms with Gasteiger partial charge < -0.3 is 9.59 Å². The van der Waals surface area contributed by atoms with Crippen molar-refractivity contribution in [3.8, 4) is 0 Å². The lowest BCUT2D eigenvalue weighted by molar-refractivity contribution is -0.890. The van der Waals surface area contributed by atoms with Crippen molar-refractivity contribution in [1.82, 2.24) is 0 Å². The molecule has 0 saturated carbocycles. The molecular formula is C14H24NO+. The molecule has 0 saturated heterocycles. The quantitative estimate of drug-likeness (QED) is 0.553. The van der Waals surface area contributed by atoms with E-state index in [1.165, 1.54) is 24.8 Å². The summed E-state index contributed by atoms with van der Waals surface area (Å²) in [5.41, 5.74) is 1.43. The second-order valence-corrected chi connectivity index (χ2v) is 5.05. The molecule has 0 amide bonds. The molecule has 1 N–H and O–H groups in total. The minimum absolute atomic E-state index is 0.283. The summed E-state index contributed by atoms with van der Waals surface area (Å²) in [5.74, 6) is 0. The van der Waals surface area contributed by atoms with Crippen LogP contribution in [-0.2, 0) is 6.42 Å². The van der Waals surface area contributed by atoms with E-state index < -0.39 is 0 Å². The summed E-state index contributed by atoms with van der Waals surface area (Å²) in [4.78, 5) is 0. The third-order valence-corrected chi connectivity index (χ3v) is 3.03. The summed E-state index contributed by atoms with van der Waals surface area (Å²) >= 11 is 0. The second-order valence-electron chi connectivity index (χ2n) is 5.05. The Morgan fingerprint density at radius 2 is 1.69 bits per heavy atom. The van der Waals surface area contributed by atoms with Crippen molar-refractivity contribution in [3.63, 3.8) is 0 Å². The zero-order valence-corrected chi connectivity index (χ0v) is 10.5. The molecule has 0 aliphatic rings. The summed E-state index contributed by atoms with van der Waals surface area (Å²) in [5, 5.41) is 8.92. The monoisotopic (exact) mass is 222 g/mol. The maximum Gasteiger partial charge on any atom is 0.102 e. The molecule has 0 radical (unpaired) electrons. The van der Waals surface area contributed by atoms with Crippen molar-refractivity contribution in [2.75, 3.05) is 33.8 Å². The highest BCUT2D eigenvalue weighted by atomic mass is 16.3. The molecule has 0 bridgehead atoms. The topological polar surface area (TPSA) is 20.2 Å². The van der Waals surface area contributed by atoms with Crippen LogP contribution in [0.4, 0.5) is 0 Å². The Balaban J connectivity index is 2.17. The van der Waals surface area contributed by atoms with Gasteiger partial charge in [0.2, 0.25) is 0 Å². The van der Waals surface area contributed by atoms with Crippen LogP contribution in [0, 0.1) is 0 Å². The van der Waals surface area contributed by atoms with Crippen LogP contribution >= 0.6 is 0 Å². The lowest BCUT2D eigenvalue weighted by Crippen LogP contribution is -2.42. The number of likely N-dealkylation sites (N-methyl/N-ethyl adjacent to an activating group) is 1. The Kier molecular flexibility index (Phi) is 5.50. The standard InChI is InChI=1S/C14H24NO/c1-15(2,12-13-16)11-7-6-10-14-8-4-3-5-9-14/h3-5,8-9,16H,6-7,10-13H2,1-2H3/q+1. The van der Waals surface area contributed by atoms with Crippen LogP contribution in [-0.4, -0.2) is 43.4 Å². The van der Waals surface area contributed by atoms with Gasteiger partial charge in [-0.3, -0.25) is 0 Å².